The van der Waals surface area contributed by atoms with Crippen LogP contribution < -0.4 is 5.32 Å². The third-order valence-corrected chi connectivity index (χ3v) is 4.43. The average Bonchev–Trinajstić information content (AvgIpc) is 2.64. The van der Waals surface area contributed by atoms with Crippen LogP contribution in [0.3, 0.4) is 0 Å². The Labute approximate surface area is 159 Å². The van der Waals surface area contributed by atoms with Crippen LogP contribution in [0.4, 0.5) is 13.2 Å². The van der Waals surface area contributed by atoms with Crippen LogP contribution >= 0.6 is 0 Å². The second kappa shape index (κ2) is 9.43. The highest BCUT2D eigenvalue weighted by Crippen LogP contribution is 2.29. The number of hydrogen-bond donors (Lipinski definition) is 1. The zero-order valence-electron chi connectivity index (χ0n) is 15.6. The van der Waals surface area contributed by atoms with Crippen LogP contribution in [0, 0.1) is 12.3 Å². The van der Waals surface area contributed by atoms with E-state index in [-0.39, 0.29) is 6.04 Å². The van der Waals surface area contributed by atoms with Crippen LogP contribution in [0.15, 0.2) is 48.5 Å². The molecule has 0 radical (unpaired) electrons. The van der Waals surface area contributed by atoms with Gasteiger partial charge >= 0.3 is 6.18 Å². The van der Waals surface area contributed by atoms with Crippen LogP contribution in [0.2, 0.25) is 0 Å². The summed E-state index contributed by atoms with van der Waals surface area (Å²) < 4.78 is 38.3. The third-order valence-electron chi connectivity index (χ3n) is 4.43. The summed E-state index contributed by atoms with van der Waals surface area (Å²) in [6.45, 7) is 4.68. The highest BCUT2D eigenvalue weighted by Gasteiger charge is 2.30. The summed E-state index contributed by atoms with van der Waals surface area (Å²) in [4.78, 5) is 0. The number of allylic oxidation sites excluding steroid dienone is 1. The molecule has 0 bridgehead atoms. The van der Waals surface area contributed by atoms with Gasteiger partial charge in [-0.1, -0.05) is 54.5 Å². The van der Waals surface area contributed by atoms with Crippen LogP contribution in [-0.4, -0.2) is 6.54 Å². The lowest BCUT2D eigenvalue weighted by molar-refractivity contribution is -0.137. The van der Waals surface area contributed by atoms with E-state index in [9.17, 15) is 13.2 Å². The van der Waals surface area contributed by atoms with Crippen molar-refractivity contribution in [1.29, 1.82) is 0 Å². The van der Waals surface area contributed by atoms with E-state index in [0.717, 1.165) is 29.2 Å². The predicted molar refractivity (Wildman–Crippen MR) is 105 cm³/mol. The van der Waals surface area contributed by atoms with E-state index in [1.54, 1.807) is 6.07 Å². The summed E-state index contributed by atoms with van der Waals surface area (Å²) in [7, 11) is 0. The maximum Gasteiger partial charge on any atom is 0.416 e. The molecule has 0 fully saturated rings. The fraction of sp³-hybridized carbons (Fsp3) is 0.304. The Morgan fingerprint density at radius 3 is 2.59 bits per heavy atom. The molecule has 0 heterocycles. The molecule has 27 heavy (non-hydrogen) atoms. The summed E-state index contributed by atoms with van der Waals surface area (Å²) in [5, 5.41) is 3.42. The Bertz CT molecular complexity index is 828. The standard InChI is InChI=1S/C23H24F3N/c1-4-9-19-12-7-14-22(21(19)5-2)17(3)27-15-8-11-18-10-6-13-20(16-18)23(24,25)26/h2,4,6-7,9-10,12-14,16-17,27H,8,11,15H2,1,3H3/b9-4-/t17-/m1/s1. The summed E-state index contributed by atoms with van der Waals surface area (Å²) >= 11 is 0. The normalized spacial score (nSPS) is 12.9. The fourth-order valence-corrected chi connectivity index (χ4v) is 3.06. The molecule has 1 nitrogen and oxygen atoms in total. The highest BCUT2D eigenvalue weighted by molar-refractivity contribution is 5.61. The van der Waals surface area contributed by atoms with Gasteiger partial charge in [0.25, 0.3) is 0 Å². The highest BCUT2D eigenvalue weighted by atomic mass is 19.4. The van der Waals surface area contributed by atoms with E-state index in [0.29, 0.717) is 18.5 Å². The van der Waals surface area contributed by atoms with E-state index in [2.05, 4.69) is 11.2 Å². The molecule has 2 aromatic rings. The number of aryl methyl sites for hydroxylation is 1. The van der Waals surface area contributed by atoms with Gasteiger partial charge in [-0.05, 0) is 56.0 Å². The zero-order chi connectivity index (χ0) is 19.9. The molecule has 0 unspecified atom stereocenters. The van der Waals surface area contributed by atoms with Crippen molar-refractivity contribution in [2.24, 2.45) is 0 Å². The van der Waals surface area contributed by atoms with Crippen molar-refractivity contribution in [2.45, 2.75) is 38.9 Å². The molecular formula is C23H24F3N. The largest absolute Gasteiger partial charge is 0.416 e. The maximum absolute atomic E-state index is 12.8. The van der Waals surface area contributed by atoms with Crippen molar-refractivity contribution in [3.63, 3.8) is 0 Å². The molecule has 0 saturated carbocycles. The average molecular weight is 371 g/mol. The van der Waals surface area contributed by atoms with E-state index in [1.165, 1.54) is 12.1 Å². The topological polar surface area (TPSA) is 12.0 Å². The number of rotatable bonds is 7. The minimum Gasteiger partial charge on any atom is -0.310 e. The Balaban J connectivity index is 1.95. The van der Waals surface area contributed by atoms with Crippen molar-refractivity contribution < 1.29 is 13.2 Å². The second-order valence-corrected chi connectivity index (χ2v) is 6.43. The number of nitrogens with one attached hydrogen (secondary N) is 1. The molecule has 0 aromatic heterocycles. The molecule has 0 amide bonds. The Morgan fingerprint density at radius 2 is 1.93 bits per heavy atom. The van der Waals surface area contributed by atoms with Crippen LogP contribution in [-0.2, 0) is 12.6 Å². The first kappa shape index (κ1) is 20.8. The molecule has 0 saturated heterocycles. The minimum atomic E-state index is -4.30. The van der Waals surface area contributed by atoms with E-state index < -0.39 is 11.7 Å². The number of alkyl halides is 3. The zero-order valence-corrected chi connectivity index (χ0v) is 15.6. The van der Waals surface area contributed by atoms with Crippen molar-refractivity contribution in [1.82, 2.24) is 5.32 Å². The van der Waals surface area contributed by atoms with Gasteiger partial charge in [0.1, 0.15) is 0 Å². The SMILES string of the molecule is C#Cc1c(/C=C\C)cccc1[C@@H](C)NCCCc1cccc(C(F)(F)F)c1. The summed E-state index contributed by atoms with van der Waals surface area (Å²) in [6, 6.07) is 11.5. The Kier molecular flexibility index (Phi) is 7.27. The first-order valence-electron chi connectivity index (χ1n) is 8.98. The molecule has 2 rings (SSSR count). The third kappa shape index (κ3) is 5.74. The molecule has 0 aliphatic carbocycles. The summed E-state index contributed by atoms with van der Waals surface area (Å²) in [6.07, 6.45) is 6.66. The minimum absolute atomic E-state index is 0.0581. The molecule has 0 aliphatic rings. The predicted octanol–water partition coefficient (Wildman–Crippen LogP) is 6.00. The Morgan fingerprint density at radius 1 is 1.19 bits per heavy atom. The first-order chi connectivity index (χ1) is 12.9. The van der Waals surface area contributed by atoms with Gasteiger partial charge in [0.2, 0.25) is 0 Å². The van der Waals surface area contributed by atoms with Gasteiger partial charge in [0.15, 0.2) is 0 Å². The van der Waals surface area contributed by atoms with Gasteiger partial charge in [-0.25, -0.2) is 0 Å². The molecular weight excluding hydrogens is 347 g/mol. The molecule has 2 aromatic carbocycles. The molecule has 1 N–H and O–H groups in total. The van der Waals surface area contributed by atoms with Gasteiger partial charge in [-0.15, -0.1) is 6.42 Å². The molecule has 0 aliphatic heterocycles. The first-order valence-corrected chi connectivity index (χ1v) is 8.98. The van der Waals surface area contributed by atoms with Crippen molar-refractivity contribution in [3.8, 4) is 12.3 Å². The second-order valence-electron chi connectivity index (χ2n) is 6.43. The quantitative estimate of drug-likeness (QED) is 0.465. The Hall–Kier alpha value is -2.51. The summed E-state index contributed by atoms with van der Waals surface area (Å²) in [5.74, 6) is 2.77. The number of hydrogen-bond acceptors (Lipinski definition) is 1. The molecule has 0 spiro atoms. The van der Waals surface area contributed by atoms with Crippen LogP contribution in [0.25, 0.3) is 6.08 Å². The maximum atomic E-state index is 12.8. The van der Waals surface area contributed by atoms with E-state index in [4.69, 9.17) is 6.42 Å². The van der Waals surface area contributed by atoms with Crippen molar-refractivity contribution in [2.75, 3.05) is 6.54 Å². The van der Waals surface area contributed by atoms with Gasteiger partial charge in [-0.2, -0.15) is 13.2 Å². The van der Waals surface area contributed by atoms with Crippen molar-refractivity contribution >= 4 is 6.08 Å². The summed E-state index contributed by atoms with van der Waals surface area (Å²) in [5.41, 5.74) is 3.02. The molecule has 142 valence electrons. The lowest BCUT2D eigenvalue weighted by Gasteiger charge is -2.17. The van der Waals surface area contributed by atoms with Gasteiger partial charge in [-0.3, -0.25) is 0 Å². The van der Waals surface area contributed by atoms with Crippen LogP contribution in [0.1, 0.15) is 54.1 Å². The monoisotopic (exact) mass is 371 g/mol. The smallest absolute Gasteiger partial charge is 0.310 e. The van der Waals surface area contributed by atoms with Crippen LogP contribution in [0.5, 0.6) is 0 Å². The lowest BCUT2D eigenvalue weighted by atomic mass is 9.96. The fourth-order valence-electron chi connectivity index (χ4n) is 3.06. The lowest BCUT2D eigenvalue weighted by Crippen LogP contribution is -2.21. The number of benzene rings is 2. The van der Waals surface area contributed by atoms with Crippen molar-refractivity contribution in [3.05, 3.63) is 76.4 Å². The number of terminal acetylenes is 1. The number of halogens is 3. The van der Waals surface area contributed by atoms with E-state index in [1.807, 2.05) is 44.2 Å². The van der Waals surface area contributed by atoms with E-state index >= 15 is 0 Å². The van der Waals surface area contributed by atoms with Gasteiger partial charge in [0, 0.05) is 11.6 Å². The van der Waals surface area contributed by atoms with Gasteiger partial charge in [0.05, 0.1) is 5.56 Å². The molecule has 4 heteroatoms. The van der Waals surface area contributed by atoms with Gasteiger partial charge < -0.3 is 5.32 Å². The molecule has 1 atom stereocenters.